The second kappa shape index (κ2) is 12.4. The Balaban J connectivity index is 1.54. The largest absolute Gasteiger partial charge is 0.351 e. The molecule has 0 fully saturated rings. The number of nitrogens with zero attached hydrogens (tertiary/aromatic N) is 14. The van der Waals surface area contributed by atoms with Crippen molar-refractivity contribution in [1.29, 1.82) is 0 Å². The second-order valence-electron chi connectivity index (χ2n) is 11.9. The number of aromatic nitrogens is 15. The zero-order chi connectivity index (χ0) is 35.1. The number of benzene rings is 3. The molecular weight excluding hydrogens is 667 g/mol. The van der Waals surface area contributed by atoms with Crippen molar-refractivity contribution in [3.63, 3.8) is 0 Å². The molecule has 15 nitrogen and oxygen atoms in total. The zero-order valence-electron chi connectivity index (χ0n) is 27.3. The standard InChI is InChI=1S/C38H21N15/c1-3-9-23-22(8-1)20-43-51-36(23)33-30(25-11-5-15-39-45-25)31(26-12-6-16-40-46-26)34-35(32(33)29-19-21-7-2-4-10-24(21)47-48-29)38(28-14-18-42-53-50-28)44-37(34)27-13-17-41-52-49-27/h1-20,44H. The average molecular weight is 688 g/mol. The molecule has 0 saturated carbocycles. The predicted octanol–water partition coefficient (Wildman–Crippen LogP) is 6.01. The molecule has 0 amide bonds. The van der Waals surface area contributed by atoms with Gasteiger partial charge in [0.25, 0.3) is 0 Å². The third-order valence-electron chi connectivity index (χ3n) is 8.98. The van der Waals surface area contributed by atoms with E-state index in [9.17, 15) is 0 Å². The molecule has 53 heavy (non-hydrogen) atoms. The van der Waals surface area contributed by atoms with Gasteiger partial charge in [-0.25, -0.2) is 0 Å². The lowest BCUT2D eigenvalue weighted by Gasteiger charge is -2.21. The first-order valence-electron chi connectivity index (χ1n) is 16.4. The van der Waals surface area contributed by atoms with E-state index in [0.29, 0.717) is 78.6 Å². The molecule has 1 N–H and O–H groups in total. The van der Waals surface area contributed by atoms with Gasteiger partial charge < -0.3 is 4.98 Å². The fraction of sp³-hybridized carbons (Fsp3) is 0. The van der Waals surface area contributed by atoms with Gasteiger partial charge >= 0.3 is 0 Å². The summed E-state index contributed by atoms with van der Waals surface area (Å²) in [6, 6.07) is 28.9. The molecule has 0 radical (unpaired) electrons. The summed E-state index contributed by atoms with van der Waals surface area (Å²) in [5.74, 6) is 0. The Morgan fingerprint density at radius 2 is 1.04 bits per heavy atom. The first kappa shape index (κ1) is 29.9. The molecule has 0 atom stereocenters. The van der Waals surface area contributed by atoms with Gasteiger partial charge in [-0.05, 0) is 59.0 Å². The number of fused-ring (bicyclic) bond motifs is 3. The Morgan fingerprint density at radius 3 is 1.70 bits per heavy atom. The molecule has 7 heterocycles. The van der Waals surface area contributed by atoms with E-state index >= 15 is 0 Å². The normalized spacial score (nSPS) is 11.4. The summed E-state index contributed by atoms with van der Waals surface area (Å²) >= 11 is 0. The smallest absolute Gasteiger partial charge is 0.113 e. The number of hydrogen-bond donors (Lipinski definition) is 1. The number of H-pyrrole nitrogens is 1. The van der Waals surface area contributed by atoms with E-state index in [4.69, 9.17) is 20.4 Å². The maximum atomic E-state index is 4.89. The van der Waals surface area contributed by atoms with E-state index < -0.39 is 0 Å². The molecule has 0 saturated heterocycles. The summed E-state index contributed by atoms with van der Waals surface area (Å²) in [7, 11) is 0. The number of hydrogen-bond acceptors (Lipinski definition) is 14. The Labute approximate surface area is 298 Å². The van der Waals surface area contributed by atoms with E-state index in [0.717, 1.165) is 21.7 Å². The summed E-state index contributed by atoms with van der Waals surface area (Å²) in [6.07, 6.45) is 8.18. The summed E-state index contributed by atoms with van der Waals surface area (Å²) in [5.41, 5.74) is 7.92. The minimum atomic E-state index is 0.514. The summed E-state index contributed by atoms with van der Waals surface area (Å²) < 4.78 is 0. The SMILES string of the molecule is c1cnnc(-c2c(-c3nncc4ccccc34)c(-c3cc4ccccc4nn3)c3c(-c4ccnnn4)[nH]c(-c4ccnnn4)c3c2-c2cccnn2)c1. The van der Waals surface area contributed by atoms with Gasteiger partial charge in [-0.2, -0.15) is 25.5 Å². The van der Waals surface area contributed by atoms with Crippen LogP contribution >= 0.6 is 0 Å². The van der Waals surface area contributed by atoms with Gasteiger partial charge in [0.1, 0.15) is 17.1 Å². The van der Waals surface area contributed by atoms with Crippen LogP contribution < -0.4 is 0 Å². The molecule has 0 aliphatic carbocycles. The molecule has 0 bridgehead atoms. The Bertz CT molecular complexity index is 2940. The fourth-order valence-electron chi connectivity index (χ4n) is 6.83. The van der Waals surface area contributed by atoms with Crippen molar-refractivity contribution in [1.82, 2.24) is 76.6 Å². The summed E-state index contributed by atoms with van der Waals surface area (Å²) in [4.78, 5) is 3.65. The van der Waals surface area contributed by atoms with Gasteiger partial charge in [-0.15, -0.1) is 35.7 Å². The number of aromatic amines is 1. The van der Waals surface area contributed by atoms with Crippen LogP contribution in [0.4, 0.5) is 0 Å². The predicted molar refractivity (Wildman–Crippen MR) is 195 cm³/mol. The lowest BCUT2D eigenvalue weighted by atomic mass is 9.82. The van der Waals surface area contributed by atoms with Gasteiger partial charge in [0.05, 0.1) is 52.6 Å². The Kier molecular flexibility index (Phi) is 7.02. The molecule has 0 spiro atoms. The van der Waals surface area contributed by atoms with Crippen LogP contribution in [0, 0.1) is 0 Å². The van der Waals surface area contributed by atoms with Gasteiger partial charge in [0, 0.05) is 61.6 Å². The van der Waals surface area contributed by atoms with Crippen LogP contribution in [-0.2, 0) is 0 Å². The van der Waals surface area contributed by atoms with Crippen LogP contribution in [0.15, 0.2) is 122 Å². The lowest BCUT2D eigenvalue weighted by Crippen LogP contribution is -2.03. The van der Waals surface area contributed by atoms with Crippen molar-refractivity contribution >= 4 is 32.4 Å². The van der Waals surface area contributed by atoms with Gasteiger partial charge in [0.15, 0.2) is 0 Å². The average Bonchev–Trinajstić information content (AvgIpc) is 3.64. The molecule has 15 heteroatoms. The van der Waals surface area contributed by atoms with Crippen LogP contribution in [0.3, 0.4) is 0 Å². The van der Waals surface area contributed by atoms with Crippen molar-refractivity contribution < 1.29 is 0 Å². The van der Waals surface area contributed by atoms with E-state index in [2.05, 4.69) is 56.2 Å². The molecule has 0 unspecified atom stereocenters. The van der Waals surface area contributed by atoms with E-state index in [1.54, 1.807) is 43.1 Å². The topological polar surface area (TPSA) is 196 Å². The summed E-state index contributed by atoms with van der Waals surface area (Å²) in [5, 5.41) is 65.9. The molecule has 7 aromatic heterocycles. The lowest BCUT2D eigenvalue weighted by molar-refractivity contribution is 0.866. The van der Waals surface area contributed by atoms with Crippen LogP contribution in [-0.4, -0.2) is 76.6 Å². The Hall–Kier alpha value is -7.94. The first-order valence-corrected chi connectivity index (χ1v) is 16.4. The van der Waals surface area contributed by atoms with Crippen molar-refractivity contribution in [3.05, 3.63) is 122 Å². The quantitative estimate of drug-likeness (QED) is 0.213. The molecule has 0 aliphatic rings. The highest BCUT2D eigenvalue weighted by Crippen LogP contribution is 2.54. The van der Waals surface area contributed by atoms with Crippen molar-refractivity contribution in [2.75, 3.05) is 0 Å². The van der Waals surface area contributed by atoms with Crippen molar-refractivity contribution in [2.45, 2.75) is 0 Å². The van der Waals surface area contributed by atoms with Crippen LogP contribution in [0.2, 0.25) is 0 Å². The molecule has 0 aliphatic heterocycles. The minimum Gasteiger partial charge on any atom is -0.351 e. The highest BCUT2D eigenvalue weighted by atomic mass is 15.3. The number of nitrogens with one attached hydrogen (secondary N) is 1. The van der Waals surface area contributed by atoms with Gasteiger partial charge in [-0.1, -0.05) is 42.5 Å². The fourth-order valence-corrected chi connectivity index (χ4v) is 6.83. The number of rotatable bonds is 6. The highest BCUT2D eigenvalue weighted by molar-refractivity contribution is 6.25. The van der Waals surface area contributed by atoms with E-state index in [1.807, 2.05) is 78.9 Å². The van der Waals surface area contributed by atoms with Gasteiger partial charge in [0.2, 0.25) is 0 Å². The second-order valence-corrected chi connectivity index (χ2v) is 11.9. The highest BCUT2D eigenvalue weighted by Gasteiger charge is 2.33. The van der Waals surface area contributed by atoms with Crippen molar-refractivity contribution in [2.24, 2.45) is 0 Å². The maximum absolute atomic E-state index is 4.89. The molecule has 3 aromatic carbocycles. The third-order valence-corrected chi connectivity index (χ3v) is 8.98. The van der Waals surface area contributed by atoms with E-state index in [1.165, 1.54) is 0 Å². The summed E-state index contributed by atoms with van der Waals surface area (Å²) in [6.45, 7) is 0. The van der Waals surface area contributed by atoms with E-state index in [-0.39, 0.29) is 0 Å². The van der Waals surface area contributed by atoms with Crippen LogP contribution in [0.5, 0.6) is 0 Å². The Morgan fingerprint density at radius 1 is 0.396 bits per heavy atom. The molecule has 10 rings (SSSR count). The monoisotopic (exact) mass is 687 g/mol. The van der Waals surface area contributed by atoms with Crippen LogP contribution in [0.25, 0.3) is 100 Å². The van der Waals surface area contributed by atoms with Gasteiger partial charge in [-0.3, -0.25) is 0 Å². The zero-order valence-corrected chi connectivity index (χ0v) is 27.3. The van der Waals surface area contributed by atoms with Crippen LogP contribution in [0.1, 0.15) is 0 Å². The third kappa shape index (κ3) is 4.98. The molecule has 248 valence electrons. The van der Waals surface area contributed by atoms with Crippen molar-refractivity contribution in [3.8, 4) is 67.8 Å². The minimum absolute atomic E-state index is 0.514. The molecular formula is C38H21N15. The first-order chi connectivity index (χ1) is 26.3. The molecule has 10 aromatic rings. The maximum Gasteiger partial charge on any atom is 0.113 e.